The van der Waals surface area contributed by atoms with Gasteiger partial charge >= 0.3 is 0 Å². The zero-order chi connectivity index (χ0) is 32.6. The predicted molar refractivity (Wildman–Crippen MR) is 205 cm³/mol. The first-order valence-corrected chi connectivity index (χ1v) is 16.7. The highest BCUT2D eigenvalue weighted by Gasteiger charge is 2.18. The summed E-state index contributed by atoms with van der Waals surface area (Å²) in [6, 6.07) is 51.6. The number of fused-ring (bicyclic) bond motifs is 4. The van der Waals surface area contributed by atoms with Crippen molar-refractivity contribution in [1.29, 1.82) is 0 Å². The molecule has 0 fully saturated rings. The Labute approximate surface area is 285 Å². The zero-order valence-corrected chi connectivity index (χ0v) is 26.9. The first-order chi connectivity index (χ1) is 24.3. The molecule has 0 unspecified atom stereocenters. The summed E-state index contributed by atoms with van der Waals surface area (Å²) in [4.78, 5) is 5.31. The molecule has 0 atom stereocenters. The quantitative estimate of drug-likeness (QED) is 0.178. The van der Waals surface area contributed by atoms with Gasteiger partial charge in [-0.2, -0.15) is 0 Å². The Kier molecular flexibility index (Phi) is 7.22. The number of nitrogens with zero attached hydrogens (tertiary/aromatic N) is 1. The summed E-state index contributed by atoms with van der Waals surface area (Å²) in [6.45, 7) is 0. The lowest BCUT2D eigenvalue weighted by atomic mass is 9.91. The Morgan fingerprint density at radius 1 is 0.469 bits per heavy atom. The number of rotatable bonds is 5. The standard InChI is InChI=1S/C47H31NO/c1-2-6-19-34(20-7-3-1)43-30-36(32-15-8-4-9-16-32)31-44(48-43)41-23-14-24-46-47(41)42-29-35(25-28-45(42)49-46)38-27-26-37(33-17-10-5-11-18-33)39-21-12-13-22-40(38)39/h4-6,8-31H,2,7H2/b19-6-,34-20+. The van der Waals surface area contributed by atoms with Gasteiger partial charge in [0, 0.05) is 29.2 Å². The van der Waals surface area contributed by atoms with Crippen molar-refractivity contribution in [3.8, 4) is 56.5 Å². The van der Waals surface area contributed by atoms with Crippen LogP contribution in [0.1, 0.15) is 18.5 Å². The van der Waals surface area contributed by atoms with E-state index in [0.717, 1.165) is 67.6 Å². The van der Waals surface area contributed by atoms with Crippen molar-refractivity contribution in [2.24, 2.45) is 0 Å². The van der Waals surface area contributed by atoms with Gasteiger partial charge in [0.2, 0.25) is 0 Å². The highest BCUT2D eigenvalue weighted by Crippen LogP contribution is 2.41. The molecule has 0 spiro atoms. The van der Waals surface area contributed by atoms with E-state index in [9.17, 15) is 0 Å². The van der Waals surface area contributed by atoms with Crippen molar-refractivity contribution >= 4 is 38.3 Å². The van der Waals surface area contributed by atoms with Crippen LogP contribution >= 0.6 is 0 Å². The number of furan rings is 1. The van der Waals surface area contributed by atoms with Gasteiger partial charge in [-0.25, -0.2) is 4.98 Å². The van der Waals surface area contributed by atoms with Crippen LogP contribution in [0.2, 0.25) is 0 Å². The van der Waals surface area contributed by atoms with Crippen LogP contribution in [0.25, 0.3) is 82.9 Å². The zero-order valence-electron chi connectivity index (χ0n) is 26.9. The summed E-state index contributed by atoms with van der Waals surface area (Å²) in [7, 11) is 0. The first-order valence-electron chi connectivity index (χ1n) is 16.7. The average molecular weight is 626 g/mol. The molecule has 1 aliphatic rings. The fourth-order valence-electron chi connectivity index (χ4n) is 7.05. The molecule has 0 bridgehead atoms. The molecule has 0 saturated heterocycles. The summed E-state index contributed by atoms with van der Waals surface area (Å²) >= 11 is 0. The lowest BCUT2D eigenvalue weighted by Crippen LogP contribution is -1.94. The van der Waals surface area contributed by atoms with E-state index in [1.54, 1.807) is 0 Å². The van der Waals surface area contributed by atoms with Crippen LogP contribution in [0.4, 0.5) is 0 Å². The highest BCUT2D eigenvalue weighted by molar-refractivity contribution is 6.14. The van der Waals surface area contributed by atoms with Gasteiger partial charge < -0.3 is 4.42 Å². The van der Waals surface area contributed by atoms with Crippen LogP contribution in [-0.2, 0) is 0 Å². The molecule has 2 heteroatoms. The van der Waals surface area contributed by atoms with Gasteiger partial charge in [0.1, 0.15) is 11.2 Å². The van der Waals surface area contributed by atoms with Crippen molar-refractivity contribution < 1.29 is 4.42 Å². The van der Waals surface area contributed by atoms with Crippen LogP contribution in [-0.4, -0.2) is 4.98 Å². The Morgan fingerprint density at radius 3 is 1.96 bits per heavy atom. The SMILES string of the molecule is C1#CC/C=C(c2cc(-c3ccccc3)cc(-c3cccc4oc5ccc(-c6ccc(-c7ccccc7)c7ccccc67)cc5c34)n2)\C=C/C1. The van der Waals surface area contributed by atoms with Crippen molar-refractivity contribution in [2.45, 2.75) is 12.8 Å². The minimum Gasteiger partial charge on any atom is -0.456 e. The minimum absolute atomic E-state index is 0.706. The van der Waals surface area contributed by atoms with E-state index < -0.39 is 0 Å². The van der Waals surface area contributed by atoms with Crippen molar-refractivity contribution in [3.05, 3.63) is 170 Å². The van der Waals surface area contributed by atoms with E-state index in [4.69, 9.17) is 9.40 Å². The van der Waals surface area contributed by atoms with Gasteiger partial charge in [-0.15, -0.1) is 0 Å². The molecule has 6 aromatic carbocycles. The van der Waals surface area contributed by atoms with Gasteiger partial charge in [-0.3, -0.25) is 0 Å². The molecule has 1 aliphatic carbocycles. The summed E-state index contributed by atoms with van der Waals surface area (Å²) in [6.07, 6.45) is 7.91. The van der Waals surface area contributed by atoms with Gasteiger partial charge in [0.05, 0.1) is 11.4 Å². The Balaban J connectivity index is 1.24. The largest absolute Gasteiger partial charge is 0.456 e. The Bertz CT molecular complexity index is 2650. The fraction of sp³-hybridized carbons (Fsp3) is 0.0426. The second-order valence-electron chi connectivity index (χ2n) is 12.4. The molecular weight excluding hydrogens is 595 g/mol. The minimum atomic E-state index is 0.706. The van der Waals surface area contributed by atoms with Crippen LogP contribution in [0.15, 0.2) is 168 Å². The highest BCUT2D eigenvalue weighted by atomic mass is 16.3. The molecule has 0 saturated carbocycles. The average Bonchev–Trinajstić information content (AvgIpc) is 3.53. The van der Waals surface area contributed by atoms with Gasteiger partial charge in [-0.05, 0) is 80.1 Å². The summed E-state index contributed by atoms with van der Waals surface area (Å²) < 4.78 is 6.50. The van der Waals surface area contributed by atoms with Crippen LogP contribution in [0, 0.1) is 11.8 Å². The third kappa shape index (κ3) is 5.32. The van der Waals surface area contributed by atoms with E-state index in [1.165, 1.54) is 27.5 Å². The van der Waals surface area contributed by atoms with Crippen LogP contribution in [0.3, 0.4) is 0 Å². The normalized spacial score (nSPS) is 14.5. The maximum Gasteiger partial charge on any atom is 0.136 e. The third-order valence-corrected chi connectivity index (χ3v) is 9.39. The van der Waals surface area contributed by atoms with Crippen molar-refractivity contribution in [2.75, 3.05) is 0 Å². The van der Waals surface area contributed by atoms with Crippen LogP contribution < -0.4 is 0 Å². The van der Waals surface area contributed by atoms with Crippen LogP contribution in [0.5, 0.6) is 0 Å². The molecule has 9 rings (SSSR count). The number of benzene rings is 6. The number of aromatic nitrogens is 1. The predicted octanol–water partition coefficient (Wildman–Crippen LogP) is 12.5. The maximum absolute atomic E-state index is 6.50. The van der Waals surface area contributed by atoms with E-state index in [1.807, 2.05) is 0 Å². The summed E-state index contributed by atoms with van der Waals surface area (Å²) in [5.74, 6) is 6.44. The molecular formula is C47H31NO. The molecule has 0 amide bonds. The number of hydrogen-bond donors (Lipinski definition) is 0. The van der Waals surface area contributed by atoms with E-state index in [0.29, 0.717) is 6.42 Å². The molecule has 0 radical (unpaired) electrons. The smallest absolute Gasteiger partial charge is 0.136 e. The van der Waals surface area contributed by atoms with Gasteiger partial charge in [0.15, 0.2) is 0 Å². The topological polar surface area (TPSA) is 26.0 Å². The summed E-state index contributed by atoms with van der Waals surface area (Å²) in [5.41, 5.74) is 12.8. The molecule has 2 heterocycles. The molecule has 8 aromatic rings. The first kappa shape index (κ1) is 28.8. The van der Waals surface area contributed by atoms with E-state index in [-0.39, 0.29) is 0 Å². The number of allylic oxidation sites excluding steroid dienone is 4. The molecule has 230 valence electrons. The van der Waals surface area contributed by atoms with Gasteiger partial charge in [-0.1, -0.05) is 145 Å². The van der Waals surface area contributed by atoms with Gasteiger partial charge in [0.25, 0.3) is 0 Å². The number of hydrogen-bond acceptors (Lipinski definition) is 2. The Hall–Kier alpha value is -6.43. The molecule has 2 aromatic heterocycles. The second-order valence-corrected chi connectivity index (χ2v) is 12.4. The second kappa shape index (κ2) is 12.3. The molecule has 2 nitrogen and oxygen atoms in total. The number of pyridine rings is 1. The maximum atomic E-state index is 6.50. The monoisotopic (exact) mass is 625 g/mol. The molecule has 49 heavy (non-hydrogen) atoms. The Morgan fingerprint density at radius 2 is 1.16 bits per heavy atom. The van der Waals surface area contributed by atoms with Crippen molar-refractivity contribution in [3.63, 3.8) is 0 Å². The third-order valence-electron chi connectivity index (χ3n) is 9.39. The fourth-order valence-corrected chi connectivity index (χ4v) is 7.05. The van der Waals surface area contributed by atoms with E-state index in [2.05, 4.69) is 176 Å². The van der Waals surface area contributed by atoms with Crippen molar-refractivity contribution in [1.82, 2.24) is 4.98 Å². The lowest BCUT2D eigenvalue weighted by molar-refractivity contribution is 0.669. The molecule has 0 N–H and O–H groups in total. The lowest BCUT2D eigenvalue weighted by Gasteiger charge is -2.13. The molecule has 0 aliphatic heterocycles. The van der Waals surface area contributed by atoms with E-state index >= 15 is 0 Å². The summed E-state index contributed by atoms with van der Waals surface area (Å²) in [5, 5.41) is 4.61.